The maximum atomic E-state index is 12.6. The minimum atomic E-state index is -0.514. The lowest BCUT2D eigenvalue weighted by Gasteiger charge is -2.15. The summed E-state index contributed by atoms with van der Waals surface area (Å²) >= 11 is 8.05. The zero-order valence-corrected chi connectivity index (χ0v) is 21.6. The number of rotatable bonds is 7. The third kappa shape index (κ3) is 5.94. The highest BCUT2D eigenvalue weighted by molar-refractivity contribution is 14.1. The van der Waals surface area contributed by atoms with E-state index in [2.05, 4.69) is 46.1 Å². The van der Waals surface area contributed by atoms with Gasteiger partial charge < -0.3 is 14.8 Å². The first-order valence-corrected chi connectivity index (χ1v) is 12.1. The standard InChI is InChI=1S/C28H20ClIN2O3/c1-34-26-15-18(13-21(16-31)28(33)32-23-11-9-22(29)10-12-23)14-25(30)27(26)35-17-20-7-4-6-19-5-2-3-8-24(19)20/h2-15H,17H2,1H3,(H,32,33)/b21-13-. The second-order valence-corrected chi connectivity index (χ2v) is 9.19. The smallest absolute Gasteiger partial charge is 0.266 e. The molecule has 0 spiro atoms. The summed E-state index contributed by atoms with van der Waals surface area (Å²) < 4.78 is 12.5. The molecule has 35 heavy (non-hydrogen) atoms. The second-order valence-electron chi connectivity index (χ2n) is 7.59. The molecule has 174 valence electrons. The van der Waals surface area contributed by atoms with E-state index < -0.39 is 5.91 Å². The van der Waals surface area contributed by atoms with Crippen LogP contribution >= 0.6 is 34.2 Å². The van der Waals surface area contributed by atoms with E-state index >= 15 is 0 Å². The molecule has 0 bridgehead atoms. The van der Waals surface area contributed by atoms with Crippen molar-refractivity contribution in [3.05, 3.63) is 104 Å². The number of nitrogens with one attached hydrogen (secondary N) is 1. The van der Waals surface area contributed by atoms with E-state index in [4.69, 9.17) is 21.1 Å². The highest BCUT2D eigenvalue weighted by Crippen LogP contribution is 2.35. The van der Waals surface area contributed by atoms with Crippen molar-refractivity contribution in [2.24, 2.45) is 0 Å². The number of nitrogens with zero attached hydrogens (tertiary/aromatic N) is 1. The number of anilines is 1. The Morgan fingerprint density at radius 1 is 1.09 bits per heavy atom. The number of ether oxygens (including phenoxy) is 2. The van der Waals surface area contributed by atoms with Gasteiger partial charge in [0.2, 0.25) is 0 Å². The fourth-order valence-corrected chi connectivity index (χ4v) is 4.49. The molecule has 0 radical (unpaired) electrons. The van der Waals surface area contributed by atoms with Crippen LogP contribution in [0.25, 0.3) is 16.8 Å². The number of carbonyl (C=O) groups excluding carboxylic acids is 1. The summed E-state index contributed by atoms with van der Waals surface area (Å²) in [6.07, 6.45) is 1.52. The lowest BCUT2D eigenvalue weighted by Crippen LogP contribution is -2.13. The summed E-state index contributed by atoms with van der Waals surface area (Å²) in [5.74, 6) is 0.598. The molecule has 1 amide bonds. The second kappa shape index (κ2) is 11.3. The molecule has 0 heterocycles. The fourth-order valence-electron chi connectivity index (χ4n) is 3.58. The predicted octanol–water partition coefficient (Wildman–Crippen LogP) is 7.23. The van der Waals surface area contributed by atoms with Gasteiger partial charge >= 0.3 is 0 Å². The molecule has 7 heteroatoms. The lowest BCUT2D eigenvalue weighted by molar-refractivity contribution is -0.112. The Morgan fingerprint density at radius 2 is 1.83 bits per heavy atom. The zero-order chi connectivity index (χ0) is 24.8. The van der Waals surface area contributed by atoms with Crippen LogP contribution in [0.1, 0.15) is 11.1 Å². The van der Waals surface area contributed by atoms with Crippen LogP contribution in [0.5, 0.6) is 11.5 Å². The molecule has 0 saturated carbocycles. The molecule has 0 aromatic heterocycles. The SMILES string of the molecule is COc1cc(/C=C(/C#N)C(=O)Nc2ccc(Cl)cc2)cc(I)c1OCc1cccc2ccccc12. The number of benzene rings is 4. The number of hydrogen-bond donors (Lipinski definition) is 1. The van der Waals surface area contributed by atoms with Crippen LogP contribution in [0, 0.1) is 14.9 Å². The monoisotopic (exact) mass is 594 g/mol. The minimum absolute atomic E-state index is 0.0396. The first-order valence-electron chi connectivity index (χ1n) is 10.6. The third-order valence-electron chi connectivity index (χ3n) is 5.28. The van der Waals surface area contributed by atoms with Gasteiger partial charge in [-0.25, -0.2) is 0 Å². The van der Waals surface area contributed by atoms with Gasteiger partial charge in [-0.3, -0.25) is 4.79 Å². The molecule has 4 rings (SSSR count). The van der Waals surface area contributed by atoms with Gasteiger partial charge in [-0.15, -0.1) is 0 Å². The van der Waals surface area contributed by atoms with Crippen molar-refractivity contribution in [2.75, 3.05) is 12.4 Å². The summed E-state index contributed by atoms with van der Waals surface area (Å²) in [7, 11) is 1.56. The molecular formula is C28H20ClIN2O3. The molecule has 4 aromatic carbocycles. The van der Waals surface area contributed by atoms with Gasteiger partial charge in [0.15, 0.2) is 11.5 Å². The normalized spacial score (nSPS) is 11.1. The Hall–Kier alpha value is -3.54. The van der Waals surface area contributed by atoms with Crippen molar-refractivity contribution in [3.8, 4) is 17.6 Å². The molecule has 0 atom stereocenters. The van der Waals surface area contributed by atoms with Crippen LogP contribution in [-0.4, -0.2) is 13.0 Å². The third-order valence-corrected chi connectivity index (χ3v) is 6.34. The van der Waals surface area contributed by atoms with Gasteiger partial charge in [-0.2, -0.15) is 5.26 Å². The molecule has 0 aliphatic heterocycles. The summed E-state index contributed by atoms with van der Waals surface area (Å²) in [5, 5.41) is 15.1. The number of hydrogen-bond acceptors (Lipinski definition) is 4. The average molecular weight is 595 g/mol. The number of fused-ring (bicyclic) bond motifs is 1. The average Bonchev–Trinajstić information content (AvgIpc) is 2.87. The topological polar surface area (TPSA) is 71.3 Å². The molecular weight excluding hydrogens is 575 g/mol. The van der Waals surface area contributed by atoms with E-state index in [9.17, 15) is 10.1 Å². The van der Waals surface area contributed by atoms with Crippen LogP contribution < -0.4 is 14.8 Å². The number of carbonyl (C=O) groups is 1. The van der Waals surface area contributed by atoms with E-state index in [1.807, 2.05) is 36.4 Å². The molecule has 0 aliphatic carbocycles. The number of nitriles is 1. The van der Waals surface area contributed by atoms with E-state index in [-0.39, 0.29) is 5.57 Å². The Balaban J connectivity index is 1.56. The summed E-state index contributed by atoms with van der Waals surface area (Å²) in [6.45, 7) is 0.371. The van der Waals surface area contributed by atoms with Crippen LogP contribution in [0.3, 0.4) is 0 Å². The fraction of sp³-hybridized carbons (Fsp3) is 0.0714. The van der Waals surface area contributed by atoms with Crippen LogP contribution in [0.4, 0.5) is 5.69 Å². The van der Waals surface area contributed by atoms with Crippen molar-refractivity contribution in [1.29, 1.82) is 5.26 Å². The Bertz CT molecular complexity index is 1450. The van der Waals surface area contributed by atoms with E-state index in [1.54, 1.807) is 37.4 Å². The van der Waals surface area contributed by atoms with Gasteiger partial charge in [-0.1, -0.05) is 54.1 Å². The largest absolute Gasteiger partial charge is 0.493 e. The van der Waals surface area contributed by atoms with Gasteiger partial charge in [0.1, 0.15) is 18.2 Å². The summed E-state index contributed by atoms with van der Waals surface area (Å²) in [4.78, 5) is 12.6. The number of halogens is 2. The highest BCUT2D eigenvalue weighted by Gasteiger charge is 2.15. The summed E-state index contributed by atoms with van der Waals surface area (Å²) in [6, 6.07) is 26.5. The first-order chi connectivity index (χ1) is 17.0. The van der Waals surface area contributed by atoms with Crippen molar-refractivity contribution in [2.45, 2.75) is 6.61 Å². The van der Waals surface area contributed by atoms with E-state index in [0.29, 0.717) is 34.4 Å². The molecule has 1 N–H and O–H groups in total. The van der Waals surface area contributed by atoms with E-state index in [0.717, 1.165) is 19.9 Å². The molecule has 0 fully saturated rings. The first kappa shape index (κ1) is 24.6. The van der Waals surface area contributed by atoms with Gasteiger partial charge in [0.05, 0.1) is 10.7 Å². The lowest BCUT2D eigenvalue weighted by atomic mass is 10.1. The molecule has 0 saturated heterocycles. The maximum absolute atomic E-state index is 12.6. The van der Waals surface area contributed by atoms with Crippen LogP contribution in [0.2, 0.25) is 5.02 Å². The quantitative estimate of drug-likeness (QED) is 0.139. The van der Waals surface area contributed by atoms with Crippen LogP contribution in [0.15, 0.2) is 84.4 Å². The number of amides is 1. The van der Waals surface area contributed by atoms with Crippen molar-refractivity contribution >= 4 is 62.6 Å². The van der Waals surface area contributed by atoms with Crippen molar-refractivity contribution < 1.29 is 14.3 Å². The Labute approximate surface area is 222 Å². The summed E-state index contributed by atoms with van der Waals surface area (Å²) in [5.41, 5.74) is 2.22. The molecule has 0 unspecified atom stereocenters. The highest BCUT2D eigenvalue weighted by atomic mass is 127. The van der Waals surface area contributed by atoms with Crippen LogP contribution in [-0.2, 0) is 11.4 Å². The Morgan fingerprint density at radius 3 is 2.57 bits per heavy atom. The minimum Gasteiger partial charge on any atom is -0.493 e. The zero-order valence-electron chi connectivity index (χ0n) is 18.7. The molecule has 5 nitrogen and oxygen atoms in total. The van der Waals surface area contributed by atoms with Crippen molar-refractivity contribution in [3.63, 3.8) is 0 Å². The van der Waals surface area contributed by atoms with E-state index in [1.165, 1.54) is 6.08 Å². The van der Waals surface area contributed by atoms with Crippen molar-refractivity contribution in [1.82, 2.24) is 0 Å². The van der Waals surface area contributed by atoms with Gasteiger partial charge in [0, 0.05) is 10.7 Å². The maximum Gasteiger partial charge on any atom is 0.266 e. The Kier molecular flexibility index (Phi) is 7.91. The van der Waals surface area contributed by atoms with Gasteiger partial charge in [0.25, 0.3) is 5.91 Å². The predicted molar refractivity (Wildman–Crippen MR) is 148 cm³/mol. The molecule has 0 aliphatic rings. The van der Waals surface area contributed by atoms with Gasteiger partial charge in [-0.05, 0) is 87.0 Å². The molecule has 4 aromatic rings. The number of methoxy groups -OCH3 is 1.